The van der Waals surface area contributed by atoms with Gasteiger partial charge in [0, 0.05) is 38.2 Å². The normalized spacial score (nSPS) is 44.8. The molecule has 4 fully saturated rings. The summed E-state index contributed by atoms with van der Waals surface area (Å²) in [7, 11) is 5.28. The lowest BCUT2D eigenvalue weighted by molar-refractivity contribution is -0.318. The van der Waals surface area contributed by atoms with Gasteiger partial charge in [-0.15, -0.1) is 0 Å². The summed E-state index contributed by atoms with van der Waals surface area (Å²) in [6, 6.07) is -0.304. The Morgan fingerprint density at radius 1 is 0.905 bits per heavy atom. The van der Waals surface area contributed by atoms with Crippen LogP contribution in [0.15, 0.2) is 5.16 Å². The Labute approximate surface area is 377 Å². The Morgan fingerprint density at radius 3 is 2.14 bits per heavy atom. The number of nitrogens with zero attached hydrogens (tertiary/aromatic N) is 2. The fourth-order valence-corrected chi connectivity index (χ4v) is 10.7. The molecule has 1 aliphatic carbocycles. The van der Waals surface area contributed by atoms with Crippen molar-refractivity contribution in [3.63, 3.8) is 0 Å². The number of aliphatic hydroxyl groups excluding tert-OH is 2. The van der Waals surface area contributed by atoms with Gasteiger partial charge in [0.15, 0.2) is 18.7 Å². The van der Waals surface area contributed by atoms with Crippen LogP contribution in [0, 0.1) is 29.6 Å². The molecular weight excluding hydrogens is 817 g/mol. The molecule has 4 rings (SSSR count). The second-order valence-corrected chi connectivity index (χ2v) is 20.3. The van der Waals surface area contributed by atoms with E-state index in [1.54, 1.807) is 48.5 Å². The first-order valence-electron chi connectivity index (χ1n) is 23.6. The molecule has 3 aliphatic heterocycles. The summed E-state index contributed by atoms with van der Waals surface area (Å²) in [6.45, 7) is 19.0. The van der Waals surface area contributed by atoms with Crippen molar-refractivity contribution in [2.45, 2.75) is 225 Å². The molecule has 63 heavy (non-hydrogen) atoms. The molecule has 16 nitrogen and oxygen atoms in total. The van der Waals surface area contributed by atoms with Crippen LogP contribution in [0.25, 0.3) is 0 Å². The summed E-state index contributed by atoms with van der Waals surface area (Å²) in [5.74, 6) is -3.99. The number of hydrogen-bond donors (Lipinski definition) is 4. The van der Waals surface area contributed by atoms with Crippen LogP contribution in [0.5, 0.6) is 0 Å². The summed E-state index contributed by atoms with van der Waals surface area (Å²) in [6.07, 6.45) is -2.37. The molecule has 1 saturated carbocycles. The Morgan fingerprint density at radius 2 is 1.56 bits per heavy atom. The first kappa shape index (κ1) is 53.6. The van der Waals surface area contributed by atoms with E-state index in [0.29, 0.717) is 24.7 Å². The molecule has 0 radical (unpaired) electrons. The van der Waals surface area contributed by atoms with Gasteiger partial charge in [0.25, 0.3) is 0 Å². The topological polar surface area (TPSA) is 204 Å². The van der Waals surface area contributed by atoms with Gasteiger partial charge in [0.1, 0.15) is 24.4 Å². The largest absolute Gasteiger partial charge is 0.459 e. The van der Waals surface area contributed by atoms with Gasteiger partial charge in [0.2, 0.25) is 0 Å². The Hall–Kier alpha value is -1.99. The van der Waals surface area contributed by atoms with Gasteiger partial charge in [0.05, 0.1) is 59.4 Å². The molecule has 0 bridgehead atoms. The van der Waals surface area contributed by atoms with Crippen LogP contribution in [0.1, 0.15) is 140 Å². The summed E-state index contributed by atoms with van der Waals surface area (Å²) >= 11 is 0. The third kappa shape index (κ3) is 13.1. The van der Waals surface area contributed by atoms with Crippen LogP contribution >= 0.6 is 0 Å². The molecule has 3 heterocycles. The highest BCUT2D eigenvalue weighted by molar-refractivity contribution is 5.88. The van der Waals surface area contributed by atoms with Crippen LogP contribution in [0.4, 0.5) is 0 Å². The summed E-state index contributed by atoms with van der Waals surface area (Å²) in [5, 5.41) is 52.9. The number of ether oxygens (including phenoxy) is 7. The fourth-order valence-electron chi connectivity index (χ4n) is 10.7. The molecule has 4 aliphatic rings. The second-order valence-electron chi connectivity index (χ2n) is 20.3. The van der Waals surface area contributed by atoms with E-state index in [-0.39, 0.29) is 31.4 Å². The molecule has 18 atom stereocenters. The Balaban J connectivity index is 1.87. The number of cyclic esters (lactones) is 1. The van der Waals surface area contributed by atoms with Crippen molar-refractivity contribution in [3.05, 3.63) is 0 Å². The number of hydrogen-bond acceptors (Lipinski definition) is 16. The van der Waals surface area contributed by atoms with Crippen molar-refractivity contribution in [3.8, 4) is 0 Å². The number of rotatable bonds is 12. The molecular formula is C47H84N2O14. The highest BCUT2D eigenvalue weighted by Gasteiger charge is 2.54. The number of aliphatic hydroxyl groups is 4. The van der Waals surface area contributed by atoms with Gasteiger partial charge in [-0.1, -0.05) is 65.0 Å². The molecule has 0 unspecified atom stereocenters. The van der Waals surface area contributed by atoms with Crippen LogP contribution in [0.3, 0.4) is 0 Å². The number of likely N-dealkylation sites (N-methyl/N-ethyl adjacent to an activating group) is 1. The van der Waals surface area contributed by atoms with Gasteiger partial charge in [-0.25, -0.2) is 0 Å². The lowest BCUT2D eigenvalue weighted by Crippen LogP contribution is -2.61. The minimum atomic E-state index is -1.94. The summed E-state index contributed by atoms with van der Waals surface area (Å²) in [5.41, 5.74) is -4.35. The minimum absolute atomic E-state index is 0.0112. The third-order valence-corrected chi connectivity index (χ3v) is 14.6. The van der Waals surface area contributed by atoms with E-state index in [1.165, 1.54) is 40.2 Å². The van der Waals surface area contributed by atoms with E-state index in [2.05, 4.69) is 5.16 Å². The predicted octanol–water partition coefficient (Wildman–Crippen LogP) is 5.13. The van der Waals surface area contributed by atoms with Crippen molar-refractivity contribution in [2.75, 3.05) is 27.8 Å². The molecule has 0 aromatic heterocycles. The zero-order valence-corrected chi connectivity index (χ0v) is 40.8. The lowest BCUT2D eigenvalue weighted by Gasteiger charge is -2.49. The van der Waals surface area contributed by atoms with E-state index < -0.39 is 108 Å². The smallest absolute Gasteiger partial charge is 0.311 e. The molecule has 3 saturated heterocycles. The van der Waals surface area contributed by atoms with E-state index in [0.717, 1.165) is 19.3 Å². The third-order valence-electron chi connectivity index (χ3n) is 14.6. The van der Waals surface area contributed by atoms with E-state index in [9.17, 15) is 30.0 Å². The molecule has 16 heteroatoms. The maximum absolute atomic E-state index is 14.5. The van der Waals surface area contributed by atoms with Crippen molar-refractivity contribution in [1.82, 2.24) is 4.90 Å². The van der Waals surface area contributed by atoms with Gasteiger partial charge < -0.3 is 63.3 Å². The standard InChI is InChI=1S/C47H84N2O14/c1-15-35-47(11,55)40(51)28(4)37(48-57-22-21-33-19-17-16-18-20-33)26(2)24-45(9,54)42(63-44-39(60-32(8)50)34(49(12)13)23-27(3)58-44)29(5)38(30(6)43(53)61-35)62-36-25-46(10,56-14)41(52)31(7)59-36/h26-31,33-36,38-42,44,51-52,54-55H,15-25H2,1-14H3/b48-37-/t26-,27-,28+,29+,30-,31+,34+,35-,36+,38+,39-,40-,41+,42-,44+,45+,46-,47-/m1/s1. The molecule has 0 aromatic rings. The monoisotopic (exact) mass is 901 g/mol. The SMILES string of the molecule is CC[C@H]1OC(=O)[C@H](C)[C@@H](O[C@H]2C[C@@](C)(OC)[C@@H](O)[C@H](C)O2)[C@H](C)[C@@H](O[C@@H]2O[C@H](C)C[C@H](N(C)C)[C@H]2OC(C)=O)[C@@](C)(O)C[C@@H](C)/C(=N/OCCC2CCCCC2)[C@H](C)[C@@H](O)[C@]1(C)O. The highest BCUT2D eigenvalue weighted by Crippen LogP contribution is 2.41. The quantitative estimate of drug-likeness (QED) is 0.114. The van der Waals surface area contributed by atoms with Crippen molar-refractivity contribution < 1.29 is 68.0 Å². The zero-order valence-electron chi connectivity index (χ0n) is 40.8. The zero-order chi connectivity index (χ0) is 47.2. The van der Waals surface area contributed by atoms with E-state index in [1.807, 2.05) is 32.8 Å². The average Bonchev–Trinajstić information content (AvgIpc) is 3.21. The van der Waals surface area contributed by atoms with Gasteiger partial charge in [-0.05, 0) is 87.2 Å². The maximum atomic E-state index is 14.5. The Kier molecular flexibility index (Phi) is 19.3. The number of carbonyl (C=O) groups is 2. The lowest BCUT2D eigenvalue weighted by atomic mass is 9.73. The second kappa shape index (κ2) is 22.7. The van der Waals surface area contributed by atoms with Gasteiger partial charge in [-0.2, -0.15) is 0 Å². The van der Waals surface area contributed by atoms with Gasteiger partial charge >= 0.3 is 11.9 Å². The van der Waals surface area contributed by atoms with Crippen LogP contribution in [-0.4, -0.2) is 155 Å². The molecule has 0 spiro atoms. The number of methoxy groups -OCH3 is 1. The van der Waals surface area contributed by atoms with Crippen molar-refractivity contribution in [2.24, 2.45) is 34.7 Å². The fraction of sp³-hybridized carbons (Fsp3) is 0.936. The highest BCUT2D eigenvalue weighted by atomic mass is 16.7. The predicted molar refractivity (Wildman–Crippen MR) is 235 cm³/mol. The first-order chi connectivity index (χ1) is 29.4. The number of esters is 2. The van der Waals surface area contributed by atoms with Gasteiger partial charge in [-0.3, -0.25) is 9.59 Å². The van der Waals surface area contributed by atoms with E-state index in [4.69, 9.17) is 38.0 Å². The van der Waals surface area contributed by atoms with Crippen molar-refractivity contribution >= 4 is 17.7 Å². The summed E-state index contributed by atoms with van der Waals surface area (Å²) < 4.78 is 44.3. The Bertz CT molecular complexity index is 1490. The van der Waals surface area contributed by atoms with E-state index >= 15 is 0 Å². The molecule has 366 valence electrons. The number of oxime groups is 1. The maximum Gasteiger partial charge on any atom is 0.311 e. The molecule has 0 aromatic carbocycles. The molecule has 4 N–H and O–H groups in total. The summed E-state index contributed by atoms with van der Waals surface area (Å²) in [4.78, 5) is 35.1. The number of carbonyl (C=O) groups excluding carboxylic acids is 2. The molecule has 0 amide bonds. The van der Waals surface area contributed by atoms with Crippen LogP contribution in [0.2, 0.25) is 0 Å². The average molecular weight is 901 g/mol. The van der Waals surface area contributed by atoms with Crippen molar-refractivity contribution in [1.29, 1.82) is 0 Å². The minimum Gasteiger partial charge on any atom is -0.459 e. The van der Waals surface area contributed by atoms with Crippen LogP contribution in [-0.2, 0) is 47.6 Å². The van der Waals surface area contributed by atoms with Crippen LogP contribution < -0.4 is 0 Å². The first-order valence-corrected chi connectivity index (χ1v) is 23.6.